The average molecular weight is 491 g/mol. The molecule has 0 unspecified atom stereocenters. The predicted molar refractivity (Wildman–Crippen MR) is 109 cm³/mol. The van der Waals surface area contributed by atoms with Gasteiger partial charge in [0.1, 0.15) is 16.3 Å². The Hall–Kier alpha value is -2.57. The van der Waals surface area contributed by atoms with Crippen molar-refractivity contribution in [2.45, 2.75) is 61.7 Å². The van der Waals surface area contributed by atoms with E-state index in [2.05, 4.69) is 15.4 Å². The highest BCUT2D eigenvalue weighted by atomic mass is 32.2. The molecule has 4 rings (SSSR count). The first-order valence-corrected chi connectivity index (χ1v) is 12.3. The van der Waals surface area contributed by atoms with Gasteiger partial charge in [0, 0.05) is 43.4 Å². The van der Waals surface area contributed by atoms with Crippen LogP contribution in [0.1, 0.15) is 59.8 Å². The maximum absolute atomic E-state index is 14.0. The predicted octanol–water partition coefficient (Wildman–Crippen LogP) is 4.90. The van der Waals surface area contributed by atoms with E-state index in [-0.39, 0.29) is 35.8 Å². The third-order valence-electron chi connectivity index (χ3n) is 5.77. The van der Waals surface area contributed by atoms with Crippen molar-refractivity contribution in [2.24, 2.45) is 5.92 Å². The molecule has 0 spiro atoms. The highest BCUT2D eigenvalue weighted by Crippen LogP contribution is 2.47. The molecule has 0 bridgehead atoms. The summed E-state index contributed by atoms with van der Waals surface area (Å²) >= 11 is 0. The van der Waals surface area contributed by atoms with Crippen LogP contribution in [0.3, 0.4) is 0 Å². The lowest BCUT2D eigenvalue weighted by Crippen LogP contribution is -2.24. The summed E-state index contributed by atoms with van der Waals surface area (Å²) in [5, 5.41) is 6.27. The first-order valence-electron chi connectivity index (χ1n) is 10.3. The van der Waals surface area contributed by atoms with E-state index in [1.165, 1.54) is 12.3 Å². The van der Waals surface area contributed by atoms with Gasteiger partial charge in [0.05, 0.1) is 15.4 Å². The van der Waals surface area contributed by atoms with Crippen molar-refractivity contribution >= 4 is 21.3 Å². The zero-order chi connectivity index (χ0) is 24.2. The van der Waals surface area contributed by atoms with Crippen molar-refractivity contribution in [3.8, 4) is 0 Å². The molecule has 13 heteroatoms. The lowest BCUT2D eigenvalue weighted by molar-refractivity contribution is -0.138. The number of nitrogens with one attached hydrogen (secondary N) is 2. The maximum atomic E-state index is 14.0. The van der Waals surface area contributed by atoms with Gasteiger partial charge in [-0.1, -0.05) is 0 Å². The summed E-state index contributed by atoms with van der Waals surface area (Å²) < 4.78 is 89.9. The smallest absolute Gasteiger partial charge is 0.320 e. The van der Waals surface area contributed by atoms with Crippen LogP contribution in [0.25, 0.3) is 0 Å². The van der Waals surface area contributed by atoms with Crippen LogP contribution in [0.4, 0.5) is 27.6 Å². The molecule has 7 nitrogen and oxygen atoms in total. The Kier molecular flexibility index (Phi) is 5.74. The molecule has 2 saturated carbocycles. The SMILES string of the molecule is C[S@](=N)(=O)c1cc(NC(=O)c2c(C(F)(F)F)c(C3CC3)nn2C[C@@H]2CCC(F)(F)C2)ccn1. The second-order valence-corrected chi connectivity index (χ2v) is 10.8. The topological polar surface area (TPSA) is 101 Å². The molecule has 2 aliphatic rings. The van der Waals surface area contributed by atoms with Crippen LogP contribution in [0, 0.1) is 10.7 Å². The number of halogens is 5. The molecule has 2 aliphatic carbocycles. The molecular formula is C20H22F5N5O2S. The summed E-state index contributed by atoms with van der Waals surface area (Å²) in [5.74, 6) is -5.04. The highest BCUT2D eigenvalue weighted by molar-refractivity contribution is 7.91. The van der Waals surface area contributed by atoms with E-state index in [1.807, 2.05) is 0 Å². The molecule has 0 aromatic carbocycles. The number of nitrogens with zero attached hydrogens (tertiary/aromatic N) is 3. The zero-order valence-electron chi connectivity index (χ0n) is 17.6. The van der Waals surface area contributed by atoms with E-state index in [1.54, 1.807) is 0 Å². The summed E-state index contributed by atoms with van der Waals surface area (Å²) in [6.07, 6.45) is -2.27. The van der Waals surface area contributed by atoms with E-state index < -0.39 is 57.2 Å². The Balaban J connectivity index is 1.73. The monoisotopic (exact) mass is 491 g/mol. The quantitative estimate of drug-likeness (QED) is 0.562. The number of carbonyl (C=O) groups excluding carboxylic acids is 1. The first kappa shape index (κ1) is 23.6. The fraction of sp³-hybridized carbons (Fsp3) is 0.550. The fourth-order valence-corrected chi connectivity index (χ4v) is 4.71. The van der Waals surface area contributed by atoms with Gasteiger partial charge in [-0.15, -0.1) is 0 Å². The molecule has 2 heterocycles. The lowest BCUT2D eigenvalue weighted by Gasteiger charge is -2.15. The van der Waals surface area contributed by atoms with Crippen LogP contribution >= 0.6 is 0 Å². The van der Waals surface area contributed by atoms with Crippen LogP contribution in [0.2, 0.25) is 0 Å². The molecule has 2 atom stereocenters. The molecule has 0 radical (unpaired) electrons. The average Bonchev–Trinajstić information content (AvgIpc) is 3.37. The fourth-order valence-electron chi connectivity index (χ4n) is 4.10. The zero-order valence-corrected chi connectivity index (χ0v) is 18.4. The van der Waals surface area contributed by atoms with Crippen molar-refractivity contribution < 1.29 is 31.0 Å². The normalized spacial score (nSPS) is 22.2. The van der Waals surface area contributed by atoms with Crippen LogP contribution in [0.5, 0.6) is 0 Å². The molecule has 1 amide bonds. The molecule has 0 aliphatic heterocycles. The van der Waals surface area contributed by atoms with Gasteiger partial charge in [-0.25, -0.2) is 22.8 Å². The van der Waals surface area contributed by atoms with Gasteiger partial charge in [0.15, 0.2) is 0 Å². The first-order chi connectivity index (χ1) is 15.2. The third kappa shape index (κ3) is 5.17. The van der Waals surface area contributed by atoms with E-state index in [9.17, 15) is 31.0 Å². The van der Waals surface area contributed by atoms with Gasteiger partial charge in [0.2, 0.25) is 5.92 Å². The molecular weight excluding hydrogens is 469 g/mol. The molecule has 0 saturated heterocycles. The number of hydrogen-bond acceptors (Lipinski definition) is 5. The van der Waals surface area contributed by atoms with Crippen molar-refractivity contribution in [1.82, 2.24) is 14.8 Å². The Morgan fingerprint density at radius 3 is 2.58 bits per heavy atom. The number of aromatic nitrogens is 3. The van der Waals surface area contributed by atoms with Gasteiger partial charge in [0.25, 0.3) is 5.91 Å². The summed E-state index contributed by atoms with van der Waals surface area (Å²) in [4.78, 5) is 16.9. The van der Waals surface area contributed by atoms with Crippen molar-refractivity contribution in [3.63, 3.8) is 0 Å². The number of alkyl halides is 5. The second kappa shape index (κ2) is 8.03. The highest BCUT2D eigenvalue weighted by Gasteiger charge is 2.47. The number of pyridine rings is 1. The molecule has 2 aromatic rings. The summed E-state index contributed by atoms with van der Waals surface area (Å²) in [5.41, 5.74) is -2.12. The van der Waals surface area contributed by atoms with Crippen LogP contribution < -0.4 is 5.32 Å². The minimum atomic E-state index is -4.87. The molecule has 180 valence electrons. The van der Waals surface area contributed by atoms with Crippen molar-refractivity contribution in [2.75, 3.05) is 11.6 Å². The van der Waals surface area contributed by atoms with Crippen LogP contribution in [-0.2, 0) is 22.5 Å². The molecule has 2 fully saturated rings. The van der Waals surface area contributed by atoms with E-state index >= 15 is 0 Å². The van der Waals surface area contributed by atoms with E-state index in [0.717, 1.165) is 17.0 Å². The summed E-state index contributed by atoms with van der Waals surface area (Å²) in [6.45, 7) is -0.231. The van der Waals surface area contributed by atoms with E-state index in [0.29, 0.717) is 12.8 Å². The molecule has 2 aromatic heterocycles. The standard InChI is InChI=1S/C20H22F5N5O2S/c1-33(26,32)14-8-13(5-7-27-14)28-18(31)17-15(20(23,24)25)16(12-2-3-12)29-30(17)10-11-4-6-19(21,22)9-11/h5,7-8,11-12,26H,2-4,6,9-10H2,1H3,(H,27,28,31)/t11-,33+/m1/s1. The second-order valence-electron chi connectivity index (χ2n) is 8.71. The number of rotatable bonds is 6. The maximum Gasteiger partial charge on any atom is 0.420 e. The van der Waals surface area contributed by atoms with Gasteiger partial charge in [-0.3, -0.25) is 9.48 Å². The van der Waals surface area contributed by atoms with Crippen molar-refractivity contribution in [1.29, 1.82) is 4.78 Å². The summed E-state index contributed by atoms with van der Waals surface area (Å²) in [7, 11) is -3.22. The minimum Gasteiger partial charge on any atom is -0.320 e. The number of anilines is 1. The van der Waals surface area contributed by atoms with E-state index in [4.69, 9.17) is 4.78 Å². The lowest BCUT2D eigenvalue weighted by atomic mass is 10.1. The Labute approximate surface area is 186 Å². The van der Waals surface area contributed by atoms with Gasteiger partial charge in [-0.05, 0) is 37.3 Å². The Morgan fingerprint density at radius 2 is 2.03 bits per heavy atom. The third-order valence-corrected chi connectivity index (χ3v) is 6.79. The van der Waals surface area contributed by atoms with Crippen LogP contribution in [-0.4, -0.2) is 37.1 Å². The number of carbonyl (C=O) groups is 1. The van der Waals surface area contributed by atoms with Gasteiger partial charge >= 0.3 is 6.18 Å². The van der Waals surface area contributed by atoms with Crippen LogP contribution in [0.15, 0.2) is 23.4 Å². The molecule has 2 N–H and O–H groups in total. The van der Waals surface area contributed by atoms with Gasteiger partial charge in [-0.2, -0.15) is 18.3 Å². The Morgan fingerprint density at radius 1 is 1.33 bits per heavy atom. The van der Waals surface area contributed by atoms with Gasteiger partial charge < -0.3 is 5.32 Å². The largest absolute Gasteiger partial charge is 0.420 e. The Bertz CT molecular complexity index is 1190. The summed E-state index contributed by atoms with van der Waals surface area (Å²) in [6, 6.07) is 2.44. The minimum absolute atomic E-state index is 0.00747. The number of amides is 1. The number of hydrogen-bond donors (Lipinski definition) is 2. The van der Waals surface area contributed by atoms with Crippen molar-refractivity contribution in [3.05, 3.63) is 35.3 Å². The molecule has 33 heavy (non-hydrogen) atoms.